The van der Waals surface area contributed by atoms with Crippen LogP contribution < -0.4 is 9.33 Å². The third-order valence-electron chi connectivity index (χ3n) is 6.44. The Bertz CT molecular complexity index is 1240. The molecular weight excluding hydrogens is 517 g/mol. The summed E-state index contributed by atoms with van der Waals surface area (Å²) in [4.78, 5) is 15.3. The first-order valence-electron chi connectivity index (χ1n) is 13.1. The maximum Gasteiger partial charge on any atom is 0.242 e. The van der Waals surface area contributed by atoms with Crippen LogP contribution in [0, 0.1) is 17.6 Å². The molecule has 1 saturated heterocycles. The van der Waals surface area contributed by atoms with E-state index in [4.69, 9.17) is 8.85 Å². The molecule has 1 unspecified atom stereocenters. The monoisotopic (exact) mass is 553 g/mol. The van der Waals surface area contributed by atoms with E-state index < -0.39 is 16.6 Å². The summed E-state index contributed by atoms with van der Waals surface area (Å²) in [6, 6.07) is 20.3. The molecule has 0 bridgehead atoms. The van der Waals surface area contributed by atoms with Crippen LogP contribution in [0.5, 0.6) is 5.75 Å². The summed E-state index contributed by atoms with van der Waals surface area (Å²) in [5.74, 6) is -0.0465. The molecule has 1 amide bonds. The molecule has 38 heavy (non-hydrogen) atoms. The molecule has 3 aromatic carbocycles. The zero-order valence-electron chi connectivity index (χ0n) is 23.0. The van der Waals surface area contributed by atoms with Gasteiger partial charge >= 0.3 is 0 Å². The van der Waals surface area contributed by atoms with Gasteiger partial charge in [0.25, 0.3) is 0 Å². The molecule has 1 aliphatic rings. The van der Waals surface area contributed by atoms with Gasteiger partial charge in [0.2, 0.25) is 14.2 Å². The van der Waals surface area contributed by atoms with Crippen LogP contribution in [0.4, 0.5) is 14.5 Å². The summed E-state index contributed by atoms with van der Waals surface area (Å²) < 4.78 is 39.8. The number of anilines is 1. The second-order valence-corrected chi connectivity index (χ2v) is 20.8. The topological polar surface area (TPSA) is 38.8 Å². The second-order valence-electron chi connectivity index (χ2n) is 11.9. The minimum Gasteiger partial charge on any atom is -0.544 e. The van der Waals surface area contributed by atoms with Crippen molar-refractivity contribution in [2.75, 3.05) is 4.90 Å². The fourth-order valence-electron chi connectivity index (χ4n) is 4.92. The number of nitrogens with zero attached hydrogens (tertiary/aromatic N) is 1. The van der Waals surface area contributed by atoms with Gasteiger partial charge in [0, 0.05) is 5.69 Å². The molecule has 0 aliphatic carbocycles. The molecule has 3 aromatic rings. The Kier molecular flexibility index (Phi) is 8.25. The van der Waals surface area contributed by atoms with Crippen LogP contribution in [0.2, 0.25) is 39.3 Å². The van der Waals surface area contributed by atoms with Gasteiger partial charge in [0.15, 0.2) is 8.32 Å². The Morgan fingerprint density at radius 1 is 0.789 bits per heavy atom. The van der Waals surface area contributed by atoms with Crippen LogP contribution in [0.3, 0.4) is 0 Å². The van der Waals surface area contributed by atoms with Crippen molar-refractivity contribution in [3.63, 3.8) is 0 Å². The SMILES string of the molecule is C[Si](C)(C)Oc1ccc([C@@H]2C(CC[C@H](O[Si](C)(C)C)c3ccc(F)cc3)C(=O)N2c2ccc(F)cc2)cc1. The maximum absolute atomic E-state index is 13.6. The minimum atomic E-state index is -1.91. The number of rotatable bonds is 10. The van der Waals surface area contributed by atoms with E-state index >= 15 is 0 Å². The number of carbonyl (C=O) groups excluding carboxylic acids is 1. The number of β-lactam (4-membered cyclic amide) rings is 1. The number of carbonyl (C=O) groups is 1. The molecule has 0 N–H and O–H groups in total. The summed E-state index contributed by atoms with van der Waals surface area (Å²) in [7, 11) is -3.66. The van der Waals surface area contributed by atoms with Gasteiger partial charge in [-0.2, -0.15) is 0 Å². The van der Waals surface area contributed by atoms with Crippen molar-refractivity contribution in [1.82, 2.24) is 0 Å². The van der Waals surface area contributed by atoms with Gasteiger partial charge in [-0.25, -0.2) is 8.78 Å². The largest absolute Gasteiger partial charge is 0.544 e. The molecule has 0 aromatic heterocycles. The highest BCUT2D eigenvalue weighted by Gasteiger charge is 2.48. The smallest absolute Gasteiger partial charge is 0.242 e. The Labute approximate surface area is 226 Å². The van der Waals surface area contributed by atoms with Crippen LogP contribution in [-0.2, 0) is 9.22 Å². The molecule has 202 valence electrons. The molecule has 1 heterocycles. The molecule has 4 nitrogen and oxygen atoms in total. The predicted molar refractivity (Wildman–Crippen MR) is 153 cm³/mol. The Balaban J connectivity index is 1.60. The van der Waals surface area contributed by atoms with Crippen molar-refractivity contribution < 1.29 is 22.4 Å². The molecule has 1 fully saturated rings. The lowest BCUT2D eigenvalue weighted by Gasteiger charge is -2.48. The van der Waals surface area contributed by atoms with E-state index in [1.54, 1.807) is 29.2 Å². The van der Waals surface area contributed by atoms with E-state index in [2.05, 4.69) is 39.3 Å². The molecule has 3 atom stereocenters. The lowest BCUT2D eigenvalue weighted by Crippen LogP contribution is -2.55. The van der Waals surface area contributed by atoms with Gasteiger partial charge < -0.3 is 13.8 Å². The first-order valence-corrected chi connectivity index (χ1v) is 19.9. The van der Waals surface area contributed by atoms with Crippen LogP contribution in [-0.4, -0.2) is 22.5 Å². The summed E-state index contributed by atoms with van der Waals surface area (Å²) in [6.07, 6.45) is 1.03. The number of halogens is 2. The minimum absolute atomic E-state index is 0.00916. The van der Waals surface area contributed by atoms with Crippen molar-refractivity contribution in [3.05, 3.63) is 95.6 Å². The quantitative estimate of drug-likeness (QED) is 0.187. The van der Waals surface area contributed by atoms with E-state index in [-0.39, 0.29) is 35.6 Å². The Morgan fingerprint density at radius 2 is 1.34 bits per heavy atom. The van der Waals surface area contributed by atoms with E-state index in [0.717, 1.165) is 16.9 Å². The lowest BCUT2D eigenvalue weighted by molar-refractivity contribution is -0.131. The van der Waals surface area contributed by atoms with Gasteiger partial charge in [-0.15, -0.1) is 0 Å². The van der Waals surface area contributed by atoms with Crippen molar-refractivity contribution in [2.24, 2.45) is 5.92 Å². The fourth-order valence-corrected chi connectivity index (χ4v) is 6.87. The number of amides is 1. The highest BCUT2D eigenvalue weighted by Crippen LogP contribution is 2.47. The van der Waals surface area contributed by atoms with Crippen LogP contribution in [0.1, 0.15) is 36.1 Å². The van der Waals surface area contributed by atoms with E-state index in [1.807, 2.05) is 24.3 Å². The van der Waals surface area contributed by atoms with Gasteiger partial charge in [-0.3, -0.25) is 4.79 Å². The first kappa shape index (κ1) is 28.2. The average molecular weight is 554 g/mol. The molecule has 4 rings (SSSR count). The van der Waals surface area contributed by atoms with Crippen molar-refractivity contribution in [3.8, 4) is 5.75 Å². The normalized spacial score (nSPS) is 18.7. The van der Waals surface area contributed by atoms with Crippen molar-refractivity contribution in [1.29, 1.82) is 0 Å². The number of hydrogen-bond donors (Lipinski definition) is 0. The lowest BCUT2D eigenvalue weighted by atomic mass is 9.78. The highest BCUT2D eigenvalue weighted by molar-refractivity contribution is 6.70. The highest BCUT2D eigenvalue weighted by atomic mass is 28.4. The molecule has 1 aliphatic heterocycles. The Morgan fingerprint density at radius 3 is 1.87 bits per heavy atom. The van der Waals surface area contributed by atoms with Crippen LogP contribution >= 0.6 is 0 Å². The second kappa shape index (κ2) is 11.1. The molecule has 0 spiro atoms. The third kappa shape index (κ3) is 6.98. The summed E-state index contributed by atoms with van der Waals surface area (Å²) in [5, 5.41) is 0. The molecule has 0 saturated carbocycles. The van der Waals surface area contributed by atoms with E-state index in [0.29, 0.717) is 18.5 Å². The van der Waals surface area contributed by atoms with Gasteiger partial charge in [0.1, 0.15) is 17.4 Å². The summed E-state index contributed by atoms with van der Waals surface area (Å²) in [5.41, 5.74) is 2.60. The Hall–Kier alpha value is -2.82. The zero-order chi connectivity index (χ0) is 27.7. The maximum atomic E-state index is 13.6. The average Bonchev–Trinajstić information content (AvgIpc) is 2.82. The van der Waals surface area contributed by atoms with E-state index in [1.165, 1.54) is 24.3 Å². The summed E-state index contributed by atoms with van der Waals surface area (Å²) in [6.45, 7) is 12.8. The summed E-state index contributed by atoms with van der Waals surface area (Å²) >= 11 is 0. The van der Waals surface area contributed by atoms with Crippen molar-refractivity contribution >= 4 is 28.2 Å². The van der Waals surface area contributed by atoms with Gasteiger partial charge in [-0.05, 0) is 112 Å². The van der Waals surface area contributed by atoms with Crippen molar-refractivity contribution in [2.45, 2.75) is 64.3 Å². The zero-order valence-corrected chi connectivity index (χ0v) is 25.0. The van der Waals surface area contributed by atoms with E-state index in [9.17, 15) is 13.6 Å². The standard InChI is InChI=1S/C30H37F2NO3Si2/c1-37(2,3)35-26-17-9-22(10-18-26)29-27(30(34)33(29)25-15-13-24(32)14-16-25)19-20-28(36-38(4,5)6)21-7-11-23(31)12-8-21/h7-18,27-29H,19-20H2,1-6H3/t27?,28-,29+/m0/s1. The predicted octanol–water partition coefficient (Wildman–Crippen LogP) is 8.26. The fraction of sp³-hybridized carbons (Fsp3) is 0.367. The third-order valence-corrected chi connectivity index (χ3v) is 8.28. The van der Waals surface area contributed by atoms with Crippen LogP contribution in [0.25, 0.3) is 0 Å². The first-order chi connectivity index (χ1) is 17.8. The van der Waals surface area contributed by atoms with Gasteiger partial charge in [0.05, 0.1) is 18.1 Å². The molecule has 8 heteroatoms. The molecular formula is C30H37F2NO3Si2. The molecule has 0 radical (unpaired) electrons. The van der Waals surface area contributed by atoms with Gasteiger partial charge in [-0.1, -0.05) is 24.3 Å². The number of hydrogen-bond acceptors (Lipinski definition) is 3. The number of benzene rings is 3. The van der Waals surface area contributed by atoms with Crippen LogP contribution in [0.15, 0.2) is 72.8 Å².